The summed E-state index contributed by atoms with van der Waals surface area (Å²) in [4.78, 5) is 28.8. The van der Waals surface area contributed by atoms with E-state index in [1.54, 1.807) is 30.5 Å². The number of hydrogen-bond donors (Lipinski definition) is 0. The van der Waals surface area contributed by atoms with E-state index in [-0.39, 0.29) is 32.8 Å². The van der Waals surface area contributed by atoms with Gasteiger partial charge in [0.1, 0.15) is 4.21 Å². The molecule has 150 valence electrons. The first-order valence-electron chi connectivity index (χ1n) is 7.97. The summed E-state index contributed by atoms with van der Waals surface area (Å²) in [6, 6.07) is 8.16. The Bertz CT molecular complexity index is 1110. The molecule has 1 unspecified atom stereocenters. The summed E-state index contributed by atoms with van der Waals surface area (Å²) in [5.74, 6) is -0.268. The molecular formula is C18H12Cl2N2O4S3. The Morgan fingerprint density at radius 1 is 1.28 bits per heavy atom. The number of benzene rings is 1. The Balaban J connectivity index is 1.90. The average molecular weight is 487 g/mol. The average Bonchev–Trinajstić information content (AvgIpc) is 3.09. The Labute approximate surface area is 186 Å². The number of aromatic nitrogens is 1. The second kappa shape index (κ2) is 9.36. The van der Waals surface area contributed by atoms with E-state index in [0.29, 0.717) is 19.6 Å². The zero-order valence-corrected chi connectivity index (χ0v) is 18.7. The van der Waals surface area contributed by atoms with E-state index < -0.39 is 15.7 Å². The normalized spacial score (nSPS) is 12.0. The van der Waals surface area contributed by atoms with Gasteiger partial charge in [-0.05, 0) is 17.7 Å². The van der Waals surface area contributed by atoms with Gasteiger partial charge in [-0.15, -0.1) is 11.3 Å². The molecule has 0 aliphatic rings. The van der Waals surface area contributed by atoms with Crippen LogP contribution in [0.15, 0.2) is 56.7 Å². The second-order valence-corrected chi connectivity index (χ2v) is 10.3. The molecule has 2 heterocycles. The van der Waals surface area contributed by atoms with Gasteiger partial charge in [-0.1, -0.05) is 47.1 Å². The SMILES string of the molecule is CS(=O)c1cccc(CC(=O)c2cc([N+](=O)[O-])c(Sc3c(Cl)cncc3Cl)s2)c1. The van der Waals surface area contributed by atoms with Crippen LogP contribution in [0.1, 0.15) is 15.2 Å². The highest BCUT2D eigenvalue weighted by molar-refractivity contribution is 8.01. The molecule has 0 saturated heterocycles. The number of carbonyl (C=O) groups is 1. The Hall–Kier alpha value is -1.78. The minimum absolute atomic E-state index is 0.0452. The van der Waals surface area contributed by atoms with Crippen molar-refractivity contribution in [2.45, 2.75) is 20.4 Å². The number of hydrogen-bond acceptors (Lipinski definition) is 7. The molecule has 29 heavy (non-hydrogen) atoms. The third-order valence-electron chi connectivity index (χ3n) is 3.75. The highest BCUT2D eigenvalue weighted by Crippen LogP contribution is 2.45. The van der Waals surface area contributed by atoms with Gasteiger partial charge in [-0.3, -0.25) is 24.1 Å². The Kier molecular flexibility index (Phi) is 7.07. The van der Waals surface area contributed by atoms with Crippen molar-refractivity contribution in [2.24, 2.45) is 0 Å². The molecule has 0 N–H and O–H groups in total. The highest BCUT2D eigenvalue weighted by atomic mass is 35.5. The molecule has 0 aliphatic carbocycles. The molecule has 11 heteroatoms. The van der Waals surface area contributed by atoms with Gasteiger partial charge in [0.2, 0.25) is 0 Å². The molecule has 0 amide bonds. The smallest absolute Gasteiger partial charge is 0.293 e. The summed E-state index contributed by atoms with van der Waals surface area (Å²) >= 11 is 14.2. The molecule has 3 rings (SSSR count). The number of ketones is 1. The van der Waals surface area contributed by atoms with Crippen LogP contribution in [0.4, 0.5) is 5.69 Å². The molecule has 1 atom stereocenters. The van der Waals surface area contributed by atoms with Gasteiger partial charge in [0, 0.05) is 46.8 Å². The van der Waals surface area contributed by atoms with Gasteiger partial charge in [0.05, 0.1) is 24.7 Å². The van der Waals surface area contributed by atoms with E-state index in [2.05, 4.69) is 4.98 Å². The van der Waals surface area contributed by atoms with E-state index in [0.717, 1.165) is 23.1 Å². The third kappa shape index (κ3) is 5.23. The molecule has 0 saturated carbocycles. The van der Waals surface area contributed by atoms with Crippen LogP contribution in [0.5, 0.6) is 0 Å². The molecule has 2 aromatic heterocycles. The van der Waals surface area contributed by atoms with Crippen LogP contribution in [0.2, 0.25) is 10.0 Å². The molecular weight excluding hydrogens is 475 g/mol. The predicted octanol–water partition coefficient (Wildman–Crippen LogP) is 5.67. The van der Waals surface area contributed by atoms with Gasteiger partial charge >= 0.3 is 0 Å². The van der Waals surface area contributed by atoms with Gasteiger partial charge in [-0.25, -0.2) is 0 Å². The molecule has 1 aromatic carbocycles. The molecule has 0 bridgehead atoms. The van der Waals surface area contributed by atoms with E-state index >= 15 is 0 Å². The van der Waals surface area contributed by atoms with Crippen molar-refractivity contribution in [1.29, 1.82) is 0 Å². The van der Waals surface area contributed by atoms with Gasteiger partial charge in [-0.2, -0.15) is 0 Å². The fourth-order valence-electron chi connectivity index (χ4n) is 2.40. The minimum Gasteiger partial charge on any atom is -0.293 e. The molecule has 6 nitrogen and oxygen atoms in total. The number of nitrogens with zero attached hydrogens (tertiary/aromatic N) is 2. The molecule has 3 aromatic rings. The quantitative estimate of drug-likeness (QED) is 0.242. The van der Waals surface area contributed by atoms with Gasteiger partial charge in [0.15, 0.2) is 5.78 Å². The minimum atomic E-state index is -1.16. The predicted molar refractivity (Wildman–Crippen MR) is 116 cm³/mol. The molecule has 0 spiro atoms. The van der Waals surface area contributed by atoms with E-state index in [1.165, 1.54) is 18.5 Å². The van der Waals surface area contributed by atoms with Gasteiger partial charge < -0.3 is 0 Å². The third-order valence-corrected chi connectivity index (χ3v) is 7.96. The first-order chi connectivity index (χ1) is 13.8. The van der Waals surface area contributed by atoms with Crippen molar-refractivity contribution >= 4 is 68.6 Å². The molecule has 0 fully saturated rings. The summed E-state index contributed by atoms with van der Waals surface area (Å²) in [7, 11) is -1.16. The lowest BCUT2D eigenvalue weighted by Crippen LogP contribution is -2.02. The van der Waals surface area contributed by atoms with Crippen molar-refractivity contribution in [1.82, 2.24) is 4.98 Å². The summed E-state index contributed by atoms with van der Waals surface area (Å²) in [6.07, 6.45) is 4.39. The number of Topliss-reactive ketones (excluding diaryl/α,β-unsaturated/α-hetero) is 1. The van der Waals surface area contributed by atoms with Crippen LogP contribution in [-0.2, 0) is 17.2 Å². The van der Waals surface area contributed by atoms with Crippen molar-refractivity contribution in [3.63, 3.8) is 0 Å². The maximum absolute atomic E-state index is 12.7. The van der Waals surface area contributed by atoms with Crippen LogP contribution in [0.3, 0.4) is 0 Å². The van der Waals surface area contributed by atoms with Crippen molar-refractivity contribution in [3.8, 4) is 0 Å². The van der Waals surface area contributed by atoms with Crippen LogP contribution >= 0.6 is 46.3 Å². The summed E-state index contributed by atoms with van der Waals surface area (Å²) in [5.41, 5.74) is 0.504. The highest BCUT2D eigenvalue weighted by Gasteiger charge is 2.25. The van der Waals surface area contributed by atoms with E-state index in [4.69, 9.17) is 23.2 Å². The molecule has 0 radical (unpaired) electrons. The largest absolute Gasteiger partial charge is 0.294 e. The summed E-state index contributed by atoms with van der Waals surface area (Å²) < 4.78 is 11.9. The Morgan fingerprint density at radius 3 is 2.59 bits per heavy atom. The lowest BCUT2D eigenvalue weighted by atomic mass is 10.1. The summed E-state index contributed by atoms with van der Waals surface area (Å²) in [5, 5.41) is 12.0. The second-order valence-electron chi connectivity index (χ2n) is 5.78. The first kappa shape index (κ1) is 21.9. The molecule has 0 aliphatic heterocycles. The number of rotatable bonds is 7. The lowest BCUT2D eigenvalue weighted by molar-refractivity contribution is -0.387. The fraction of sp³-hybridized carbons (Fsp3) is 0.111. The lowest BCUT2D eigenvalue weighted by Gasteiger charge is -2.03. The van der Waals surface area contributed by atoms with Crippen molar-refractivity contribution in [3.05, 3.63) is 73.3 Å². The summed E-state index contributed by atoms with van der Waals surface area (Å²) in [6.45, 7) is 0. The van der Waals surface area contributed by atoms with E-state index in [9.17, 15) is 19.1 Å². The topological polar surface area (TPSA) is 90.2 Å². The zero-order chi connectivity index (χ0) is 21.1. The number of nitro groups is 1. The van der Waals surface area contributed by atoms with Gasteiger partial charge in [0.25, 0.3) is 5.69 Å². The standard InChI is InChI=1S/C18H12Cl2N2O4S3/c1-29(26)11-4-2-3-10(5-11)6-15(23)16-7-14(22(24)25)18(27-16)28-17-12(19)8-21-9-13(17)20/h2-5,7-9H,6H2,1H3. The fourth-order valence-corrected chi connectivity index (χ4v) is 5.79. The number of carbonyl (C=O) groups excluding carboxylic acids is 1. The Morgan fingerprint density at radius 2 is 1.97 bits per heavy atom. The zero-order valence-electron chi connectivity index (χ0n) is 14.8. The number of thiophene rings is 1. The van der Waals surface area contributed by atoms with Crippen molar-refractivity contribution < 1.29 is 13.9 Å². The number of halogens is 2. The first-order valence-corrected chi connectivity index (χ1v) is 11.9. The van der Waals surface area contributed by atoms with E-state index in [1.807, 2.05) is 0 Å². The van der Waals surface area contributed by atoms with Crippen LogP contribution in [-0.4, -0.2) is 26.2 Å². The van der Waals surface area contributed by atoms with Crippen LogP contribution in [0.25, 0.3) is 0 Å². The number of pyridine rings is 1. The maximum atomic E-state index is 12.7. The maximum Gasteiger partial charge on any atom is 0.294 e. The van der Waals surface area contributed by atoms with Crippen LogP contribution < -0.4 is 0 Å². The van der Waals surface area contributed by atoms with Crippen LogP contribution in [0, 0.1) is 10.1 Å². The monoisotopic (exact) mass is 486 g/mol. The van der Waals surface area contributed by atoms with Crippen molar-refractivity contribution in [2.75, 3.05) is 6.26 Å².